The minimum atomic E-state index is -0.0645. The molecule has 6 heteroatoms. The summed E-state index contributed by atoms with van der Waals surface area (Å²) in [7, 11) is 1.70. The third-order valence-electron chi connectivity index (χ3n) is 4.75. The number of rotatable bonds is 8. The van der Waals surface area contributed by atoms with E-state index in [0.29, 0.717) is 28.4 Å². The Morgan fingerprint density at radius 3 is 2.60 bits per heavy atom. The van der Waals surface area contributed by atoms with Gasteiger partial charge in [0.1, 0.15) is 15.8 Å². The summed E-state index contributed by atoms with van der Waals surface area (Å²) in [5.74, 6) is 2.09. The van der Waals surface area contributed by atoms with Gasteiger partial charge in [0.2, 0.25) is 0 Å². The number of amides is 1. The van der Waals surface area contributed by atoms with Gasteiger partial charge in [-0.25, -0.2) is 0 Å². The van der Waals surface area contributed by atoms with Crippen LogP contribution in [0.3, 0.4) is 0 Å². The maximum Gasteiger partial charge on any atom is 0.265 e. The van der Waals surface area contributed by atoms with Crippen molar-refractivity contribution in [1.82, 2.24) is 4.90 Å². The topological polar surface area (TPSA) is 38.8 Å². The summed E-state index contributed by atoms with van der Waals surface area (Å²) in [5.41, 5.74) is 3.34. The highest BCUT2D eigenvalue weighted by Gasteiger charge is 2.28. The van der Waals surface area contributed by atoms with Crippen molar-refractivity contribution in [3.8, 4) is 11.5 Å². The summed E-state index contributed by atoms with van der Waals surface area (Å²) in [6.45, 7) is 7.58. The number of carbonyl (C=O) groups excluding carboxylic acids is 1. The molecule has 0 radical (unpaired) electrons. The Hall–Kier alpha value is -2.31. The zero-order valence-electron chi connectivity index (χ0n) is 17.8. The summed E-state index contributed by atoms with van der Waals surface area (Å²) in [4.78, 5) is 14.3. The lowest BCUT2D eigenvalue weighted by Crippen LogP contribution is -2.22. The van der Waals surface area contributed by atoms with Crippen molar-refractivity contribution >= 4 is 40.3 Å². The number of carbonyl (C=O) groups is 1. The van der Waals surface area contributed by atoms with Crippen LogP contribution in [0.25, 0.3) is 6.08 Å². The molecule has 1 fully saturated rings. The number of benzene rings is 2. The van der Waals surface area contributed by atoms with E-state index in [-0.39, 0.29) is 5.91 Å². The second-order valence-corrected chi connectivity index (χ2v) is 9.24. The van der Waals surface area contributed by atoms with Gasteiger partial charge in [-0.15, -0.1) is 0 Å². The number of nitrogens with zero attached hydrogens (tertiary/aromatic N) is 1. The third-order valence-corrected chi connectivity index (χ3v) is 6.23. The van der Waals surface area contributed by atoms with E-state index >= 15 is 0 Å². The number of hydrogen-bond donors (Lipinski definition) is 0. The molecule has 1 heterocycles. The zero-order valence-corrected chi connectivity index (χ0v) is 19.4. The monoisotopic (exact) mass is 441 g/mol. The fourth-order valence-corrected chi connectivity index (χ4v) is 4.25. The minimum absolute atomic E-state index is 0.0645. The first kappa shape index (κ1) is 22.4. The van der Waals surface area contributed by atoms with E-state index in [4.69, 9.17) is 21.7 Å². The number of hydrogen-bond acceptors (Lipinski definition) is 5. The second kappa shape index (κ2) is 10.1. The highest BCUT2D eigenvalue weighted by Crippen LogP contribution is 2.32. The number of aryl methyl sites for hydroxylation is 1. The molecule has 0 spiro atoms. The van der Waals surface area contributed by atoms with Gasteiger partial charge in [0.15, 0.2) is 0 Å². The lowest BCUT2D eigenvalue weighted by molar-refractivity contribution is -0.121. The molecule has 0 N–H and O–H groups in total. The third kappa shape index (κ3) is 5.64. The SMILES string of the molecule is Cc1ccc(C(C)C)c(OCCCOc2cccc(/C=C3/SC(=S)N(C)C3=O)c2)c1. The van der Waals surface area contributed by atoms with Crippen LogP contribution in [-0.4, -0.2) is 35.4 Å². The van der Waals surface area contributed by atoms with E-state index in [1.165, 1.54) is 27.8 Å². The first-order valence-corrected chi connectivity index (χ1v) is 11.3. The maximum absolute atomic E-state index is 12.2. The molecule has 3 rings (SSSR count). The first-order chi connectivity index (χ1) is 14.3. The highest BCUT2D eigenvalue weighted by molar-refractivity contribution is 8.26. The fourth-order valence-electron chi connectivity index (χ4n) is 3.07. The molecule has 0 aliphatic carbocycles. The van der Waals surface area contributed by atoms with E-state index in [1.807, 2.05) is 30.3 Å². The van der Waals surface area contributed by atoms with Gasteiger partial charge in [-0.1, -0.05) is 62.1 Å². The van der Waals surface area contributed by atoms with Crippen molar-refractivity contribution in [3.63, 3.8) is 0 Å². The maximum atomic E-state index is 12.2. The average Bonchev–Trinajstić information content (AvgIpc) is 2.94. The van der Waals surface area contributed by atoms with Gasteiger partial charge in [0.05, 0.1) is 18.1 Å². The molecule has 0 saturated carbocycles. The average molecular weight is 442 g/mol. The number of likely N-dealkylation sites (N-methyl/N-ethyl adjacent to an activating group) is 1. The van der Waals surface area contributed by atoms with Crippen LogP contribution in [0.5, 0.6) is 11.5 Å². The van der Waals surface area contributed by atoms with Crippen molar-refractivity contribution in [3.05, 3.63) is 64.1 Å². The molecule has 1 aliphatic heterocycles. The first-order valence-electron chi connectivity index (χ1n) is 10.0. The number of thioether (sulfide) groups is 1. The minimum Gasteiger partial charge on any atom is -0.493 e. The predicted molar refractivity (Wildman–Crippen MR) is 128 cm³/mol. The van der Waals surface area contributed by atoms with Crippen LogP contribution < -0.4 is 9.47 Å². The molecule has 30 heavy (non-hydrogen) atoms. The Balaban J connectivity index is 1.52. The summed E-state index contributed by atoms with van der Waals surface area (Å²) >= 11 is 6.50. The fraction of sp³-hybridized carbons (Fsp3) is 0.333. The van der Waals surface area contributed by atoms with Gasteiger partial charge in [-0.2, -0.15) is 0 Å². The van der Waals surface area contributed by atoms with E-state index < -0.39 is 0 Å². The largest absolute Gasteiger partial charge is 0.493 e. The van der Waals surface area contributed by atoms with Crippen LogP contribution in [0.4, 0.5) is 0 Å². The molecular formula is C24H27NO3S2. The summed E-state index contributed by atoms with van der Waals surface area (Å²) < 4.78 is 12.5. The van der Waals surface area contributed by atoms with Gasteiger partial charge in [0, 0.05) is 13.5 Å². The van der Waals surface area contributed by atoms with E-state index in [9.17, 15) is 4.79 Å². The molecule has 0 bridgehead atoms. The van der Waals surface area contributed by atoms with Crippen LogP contribution in [0, 0.1) is 6.92 Å². The number of thiocarbonyl (C=S) groups is 1. The molecule has 1 aliphatic rings. The van der Waals surface area contributed by atoms with Gasteiger partial charge < -0.3 is 9.47 Å². The highest BCUT2D eigenvalue weighted by atomic mass is 32.2. The van der Waals surface area contributed by atoms with Crippen LogP contribution in [0.1, 0.15) is 42.9 Å². The van der Waals surface area contributed by atoms with Crippen LogP contribution in [0.2, 0.25) is 0 Å². The van der Waals surface area contributed by atoms with E-state index in [1.54, 1.807) is 7.05 Å². The Kier molecular flexibility index (Phi) is 7.56. The Morgan fingerprint density at radius 2 is 1.90 bits per heavy atom. The lowest BCUT2D eigenvalue weighted by atomic mass is 10.0. The summed E-state index contributed by atoms with van der Waals surface area (Å²) in [5, 5.41) is 0. The Morgan fingerprint density at radius 1 is 1.13 bits per heavy atom. The molecule has 0 unspecified atom stereocenters. The summed E-state index contributed by atoms with van der Waals surface area (Å²) in [6.07, 6.45) is 2.63. The second-order valence-electron chi connectivity index (χ2n) is 7.56. The van der Waals surface area contributed by atoms with Crippen molar-refractivity contribution in [2.24, 2.45) is 0 Å². The quantitative estimate of drug-likeness (QED) is 0.294. The molecule has 1 amide bonds. The lowest BCUT2D eigenvalue weighted by Gasteiger charge is -2.15. The Bertz CT molecular complexity index is 969. The molecule has 2 aromatic carbocycles. The van der Waals surface area contributed by atoms with Gasteiger partial charge in [-0.05, 0) is 53.8 Å². The van der Waals surface area contributed by atoms with Crippen molar-refractivity contribution in [1.29, 1.82) is 0 Å². The van der Waals surface area contributed by atoms with Crippen LogP contribution in [0.15, 0.2) is 47.4 Å². The van der Waals surface area contributed by atoms with Gasteiger partial charge >= 0.3 is 0 Å². The zero-order chi connectivity index (χ0) is 21.7. The molecule has 2 aromatic rings. The molecular weight excluding hydrogens is 414 g/mol. The molecule has 158 valence electrons. The molecule has 1 saturated heterocycles. The smallest absolute Gasteiger partial charge is 0.265 e. The van der Waals surface area contributed by atoms with Gasteiger partial charge in [-0.3, -0.25) is 9.69 Å². The predicted octanol–water partition coefficient (Wildman–Crippen LogP) is 5.80. The van der Waals surface area contributed by atoms with Gasteiger partial charge in [0.25, 0.3) is 5.91 Å². The standard InChI is InChI=1S/C24H27NO3S2/c1-16(2)20-10-9-17(3)13-21(20)28-12-6-11-27-19-8-5-7-18(14-19)15-22-23(26)25(4)24(29)30-22/h5,7-10,13-16H,6,11-12H2,1-4H3/b22-15+. The van der Waals surface area contributed by atoms with E-state index in [2.05, 4.69) is 39.0 Å². The number of ether oxygens (including phenoxy) is 2. The van der Waals surface area contributed by atoms with Crippen LogP contribution in [-0.2, 0) is 4.79 Å². The van der Waals surface area contributed by atoms with Crippen molar-refractivity contribution in [2.75, 3.05) is 20.3 Å². The molecule has 0 atom stereocenters. The van der Waals surface area contributed by atoms with Crippen LogP contribution >= 0.6 is 24.0 Å². The van der Waals surface area contributed by atoms with E-state index in [0.717, 1.165) is 23.5 Å². The van der Waals surface area contributed by atoms with Crippen molar-refractivity contribution in [2.45, 2.75) is 33.1 Å². The normalized spacial score (nSPS) is 15.4. The molecule has 0 aromatic heterocycles. The van der Waals surface area contributed by atoms with Crippen molar-refractivity contribution < 1.29 is 14.3 Å². The summed E-state index contributed by atoms with van der Waals surface area (Å²) in [6, 6.07) is 14.1. The molecule has 4 nitrogen and oxygen atoms in total. The Labute approximate surface area is 188 Å².